The zero-order valence-electron chi connectivity index (χ0n) is 9.08. The van der Waals surface area contributed by atoms with Gasteiger partial charge in [0.05, 0.1) is 11.7 Å². The smallest absolute Gasteiger partial charge is 0.0934 e. The van der Waals surface area contributed by atoms with Crippen molar-refractivity contribution in [3.8, 4) is 0 Å². The van der Waals surface area contributed by atoms with E-state index in [1.807, 2.05) is 54.6 Å². The molecule has 1 atom stereocenters. The van der Waals surface area contributed by atoms with Crippen molar-refractivity contribution in [2.45, 2.75) is 6.04 Å². The van der Waals surface area contributed by atoms with E-state index in [1.165, 1.54) is 5.56 Å². The molecular formula is C15H14N. The van der Waals surface area contributed by atoms with E-state index in [9.17, 15) is 0 Å². The summed E-state index contributed by atoms with van der Waals surface area (Å²) in [5, 5.41) is 4.63. The second kappa shape index (κ2) is 5.17. The molecule has 2 rings (SSSR count). The molecule has 0 aliphatic heterocycles. The lowest BCUT2D eigenvalue weighted by molar-refractivity contribution is 0.752. The third kappa shape index (κ3) is 2.51. The lowest BCUT2D eigenvalue weighted by Gasteiger charge is -2.13. The van der Waals surface area contributed by atoms with Crippen LogP contribution in [0.15, 0.2) is 73.3 Å². The predicted molar refractivity (Wildman–Crippen MR) is 67.6 cm³/mol. The van der Waals surface area contributed by atoms with Gasteiger partial charge in [0.15, 0.2) is 0 Å². The average Bonchev–Trinajstić information content (AvgIpc) is 2.38. The molecule has 0 saturated carbocycles. The van der Waals surface area contributed by atoms with Crippen LogP contribution in [0, 0.1) is 0 Å². The SMILES string of the molecule is C=CC([N]c1ccccc1)c1ccccc1. The molecule has 0 saturated heterocycles. The Hall–Kier alpha value is -2.02. The van der Waals surface area contributed by atoms with Crippen LogP contribution in [0.5, 0.6) is 0 Å². The van der Waals surface area contributed by atoms with E-state index in [0.29, 0.717) is 0 Å². The van der Waals surface area contributed by atoms with Gasteiger partial charge in [0.25, 0.3) is 0 Å². The standard InChI is InChI=1S/C15H14N/c1-2-15(13-9-5-3-6-10-13)16-14-11-7-4-8-12-14/h2-12,15H,1H2. The first-order valence-corrected chi connectivity index (χ1v) is 5.33. The summed E-state index contributed by atoms with van der Waals surface area (Å²) >= 11 is 0. The fraction of sp³-hybridized carbons (Fsp3) is 0.0667. The lowest BCUT2D eigenvalue weighted by atomic mass is 10.1. The van der Waals surface area contributed by atoms with Crippen LogP contribution >= 0.6 is 0 Å². The molecule has 1 heteroatoms. The van der Waals surface area contributed by atoms with Crippen molar-refractivity contribution in [1.82, 2.24) is 5.32 Å². The normalized spacial score (nSPS) is 11.8. The van der Waals surface area contributed by atoms with E-state index in [4.69, 9.17) is 0 Å². The summed E-state index contributed by atoms with van der Waals surface area (Å²) in [6.45, 7) is 3.84. The molecule has 16 heavy (non-hydrogen) atoms. The van der Waals surface area contributed by atoms with Crippen LogP contribution in [-0.2, 0) is 0 Å². The molecule has 1 radical (unpaired) electrons. The van der Waals surface area contributed by atoms with Crippen molar-refractivity contribution in [2.75, 3.05) is 0 Å². The summed E-state index contributed by atoms with van der Waals surface area (Å²) in [5.74, 6) is 0. The molecule has 0 N–H and O–H groups in total. The third-order valence-corrected chi connectivity index (χ3v) is 2.41. The molecule has 0 spiro atoms. The fourth-order valence-corrected chi connectivity index (χ4v) is 1.59. The van der Waals surface area contributed by atoms with Gasteiger partial charge in [-0.2, -0.15) is 0 Å². The Morgan fingerprint density at radius 2 is 1.44 bits per heavy atom. The molecule has 1 nitrogen and oxygen atoms in total. The van der Waals surface area contributed by atoms with Gasteiger partial charge in [-0.3, -0.25) is 5.32 Å². The highest BCUT2D eigenvalue weighted by molar-refractivity contribution is 5.37. The van der Waals surface area contributed by atoms with Gasteiger partial charge in [-0.1, -0.05) is 54.6 Å². The average molecular weight is 208 g/mol. The maximum absolute atomic E-state index is 4.63. The molecule has 0 amide bonds. The predicted octanol–water partition coefficient (Wildman–Crippen LogP) is 3.85. The van der Waals surface area contributed by atoms with Gasteiger partial charge in [0.2, 0.25) is 0 Å². The third-order valence-electron chi connectivity index (χ3n) is 2.41. The number of para-hydroxylation sites is 1. The molecule has 1 unspecified atom stereocenters. The van der Waals surface area contributed by atoms with Crippen LogP contribution in [0.3, 0.4) is 0 Å². The Bertz CT molecular complexity index is 434. The van der Waals surface area contributed by atoms with Gasteiger partial charge in [0.1, 0.15) is 0 Å². The summed E-state index contributed by atoms with van der Waals surface area (Å²) in [4.78, 5) is 0. The Kier molecular flexibility index (Phi) is 3.39. The van der Waals surface area contributed by atoms with Gasteiger partial charge in [0, 0.05) is 0 Å². The first-order valence-electron chi connectivity index (χ1n) is 5.33. The Morgan fingerprint density at radius 1 is 0.875 bits per heavy atom. The second-order valence-corrected chi connectivity index (χ2v) is 3.56. The van der Waals surface area contributed by atoms with E-state index in [0.717, 1.165) is 5.69 Å². The van der Waals surface area contributed by atoms with Gasteiger partial charge >= 0.3 is 0 Å². The van der Waals surface area contributed by atoms with Crippen LogP contribution in [0.25, 0.3) is 0 Å². The molecule has 2 aromatic carbocycles. The minimum atomic E-state index is 0.0311. The molecule has 0 aliphatic rings. The van der Waals surface area contributed by atoms with Crippen LogP contribution in [0.4, 0.5) is 5.69 Å². The summed E-state index contributed by atoms with van der Waals surface area (Å²) in [6, 6.07) is 20.2. The first-order chi connectivity index (χ1) is 7.90. The fourth-order valence-electron chi connectivity index (χ4n) is 1.59. The Morgan fingerprint density at radius 3 is 2.00 bits per heavy atom. The van der Waals surface area contributed by atoms with Crippen molar-refractivity contribution in [2.24, 2.45) is 0 Å². The lowest BCUT2D eigenvalue weighted by Crippen LogP contribution is -2.06. The van der Waals surface area contributed by atoms with Crippen LogP contribution in [0.1, 0.15) is 11.6 Å². The molecular weight excluding hydrogens is 194 g/mol. The van der Waals surface area contributed by atoms with Gasteiger partial charge in [-0.15, -0.1) is 6.58 Å². The van der Waals surface area contributed by atoms with Crippen molar-refractivity contribution >= 4 is 5.69 Å². The van der Waals surface area contributed by atoms with E-state index in [1.54, 1.807) is 0 Å². The zero-order valence-corrected chi connectivity index (χ0v) is 9.08. The highest BCUT2D eigenvalue weighted by atomic mass is 14.9. The molecule has 0 bridgehead atoms. The summed E-state index contributed by atoms with van der Waals surface area (Å²) in [7, 11) is 0. The van der Waals surface area contributed by atoms with E-state index in [-0.39, 0.29) is 6.04 Å². The maximum atomic E-state index is 4.63. The molecule has 0 heterocycles. The Balaban J connectivity index is 2.16. The highest BCUT2D eigenvalue weighted by Gasteiger charge is 2.07. The zero-order chi connectivity index (χ0) is 11.2. The van der Waals surface area contributed by atoms with E-state index >= 15 is 0 Å². The van der Waals surface area contributed by atoms with Crippen LogP contribution in [-0.4, -0.2) is 0 Å². The van der Waals surface area contributed by atoms with Gasteiger partial charge in [-0.05, 0) is 17.7 Å². The van der Waals surface area contributed by atoms with Crippen molar-refractivity contribution in [1.29, 1.82) is 0 Å². The summed E-state index contributed by atoms with van der Waals surface area (Å²) in [6.07, 6.45) is 1.86. The molecule has 0 aliphatic carbocycles. The largest absolute Gasteiger partial charge is 0.273 e. The number of nitrogens with zero attached hydrogens (tertiary/aromatic N) is 1. The van der Waals surface area contributed by atoms with E-state index in [2.05, 4.69) is 24.0 Å². The highest BCUT2D eigenvalue weighted by Crippen LogP contribution is 2.20. The van der Waals surface area contributed by atoms with Gasteiger partial charge in [-0.25, -0.2) is 0 Å². The molecule has 0 aromatic heterocycles. The number of rotatable bonds is 4. The molecule has 79 valence electrons. The number of hydrogen-bond donors (Lipinski definition) is 0. The molecule has 0 fully saturated rings. The monoisotopic (exact) mass is 208 g/mol. The topological polar surface area (TPSA) is 14.1 Å². The minimum Gasteiger partial charge on any atom is -0.273 e. The van der Waals surface area contributed by atoms with Crippen LogP contribution < -0.4 is 5.32 Å². The van der Waals surface area contributed by atoms with E-state index < -0.39 is 0 Å². The first kappa shape index (κ1) is 10.5. The summed E-state index contributed by atoms with van der Waals surface area (Å²) in [5.41, 5.74) is 2.15. The Labute approximate surface area is 96.4 Å². The van der Waals surface area contributed by atoms with Crippen molar-refractivity contribution in [3.05, 3.63) is 78.9 Å². The van der Waals surface area contributed by atoms with Crippen molar-refractivity contribution < 1.29 is 0 Å². The van der Waals surface area contributed by atoms with Crippen molar-refractivity contribution in [3.63, 3.8) is 0 Å². The number of hydrogen-bond acceptors (Lipinski definition) is 0. The maximum Gasteiger partial charge on any atom is 0.0934 e. The van der Waals surface area contributed by atoms with Crippen LogP contribution in [0.2, 0.25) is 0 Å². The summed E-state index contributed by atoms with van der Waals surface area (Å²) < 4.78 is 0. The second-order valence-electron chi connectivity index (χ2n) is 3.56. The molecule has 2 aromatic rings. The van der Waals surface area contributed by atoms with Gasteiger partial charge < -0.3 is 0 Å². The number of benzene rings is 2. The quantitative estimate of drug-likeness (QED) is 0.678. The minimum absolute atomic E-state index is 0.0311.